The summed E-state index contributed by atoms with van der Waals surface area (Å²) in [6.07, 6.45) is 0. The van der Waals surface area contributed by atoms with Gasteiger partial charge in [0.2, 0.25) is 10.3 Å². The first-order valence-corrected chi connectivity index (χ1v) is 3.07. The fourth-order valence-corrected chi connectivity index (χ4v) is 0.352. The van der Waals surface area contributed by atoms with Gasteiger partial charge in [0, 0.05) is 0 Å². The first-order valence-electron chi connectivity index (χ1n) is 1.99. The number of carbonyl (C=O) groups is 1. The Bertz CT molecular complexity index is 214. The van der Waals surface area contributed by atoms with Crippen LogP contribution in [0.4, 0.5) is 0 Å². The zero-order valence-electron chi connectivity index (χ0n) is 4.63. The highest BCUT2D eigenvalue weighted by Crippen LogP contribution is 1.71. The molecule has 46 valence electrons. The monoisotopic (exact) mass is 134 g/mol. The first-order chi connectivity index (χ1) is 3.55. The van der Waals surface area contributed by atoms with E-state index in [0.29, 0.717) is 0 Å². The van der Waals surface area contributed by atoms with Gasteiger partial charge in [-0.25, -0.2) is 0 Å². The summed E-state index contributed by atoms with van der Waals surface area (Å²) in [6, 6.07) is 0. The molecule has 0 atom stereocenters. The van der Waals surface area contributed by atoms with Crippen LogP contribution in [0.3, 0.4) is 0 Å². The number of Topliss-reactive ketones (excluding diaryl/α,β-unsaturated/α-hetero) is 1. The van der Waals surface area contributed by atoms with E-state index in [1.165, 1.54) is 13.8 Å². The molecular formula is C4H6O3S. The van der Waals surface area contributed by atoms with Gasteiger partial charge in [-0.15, -0.1) is 0 Å². The second-order valence-corrected chi connectivity index (χ2v) is 2.43. The maximum absolute atomic E-state index is 10.2. The Morgan fingerprint density at radius 3 is 1.62 bits per heavy atom. The second-order valence-electron chi connectivity index (χ2n) is 1.35. The van der Waals surface area contributed by atoms with Crippen molar-refractivity contribution in [1.82, 2.24) is 0 Å². The van der Waals surface area contributed by atoms with Gasteiger partial charge in [-0.1, -0.05) is 0 Å². The molecule has 0 radical (unpaired) electrons. The maximum Gasteiger partial charge on any atom is 0.220 e. The summed E-state index contributed by atoms with van der Waals surface area (Å²) >= 11 is 0. The van der Waals surface area contributed by atoms with Gasteiger partial charge in [-0.05, 0) is 13.8 Å². The van der Waals surface area contributed by atoms with Crippen molar-refractivity contribution in [2.45, 2.75) is 13.8 Å². The summed E-state index contributed by atoms with van der Waals surface area (Å²) in [5.74, 6) is -0.404. The van der Waals surface area contributed by atoms with Crippen molar-refractivity contribution in [3.8, 4) is 0 Å². The third kappa shape index (κ3) is 1.88. The molecule has 8 heavy (non-hydrogen) atoms. The van der Waals surface area contributed by atoms with Gasteiger partial charge in [0.05, 0.1) is 0 Å². The maximum atomic E-state index is 10.2. The van der Waals surface area contributed by atoms with Crippen LogP contribution in [0.5, 0.6) is 0 Å². The number of hydrogen-bond donors (Lipinski definition) is 0. The molecule has 0 aromatic heterocycles. The molecule has 0 heterocycles. The predicted octanol–water partition coefficient (Wildman–Crippen LogP) is -0.353. The van der Waals surface area contributed by atoms with Crippen LogP contribution in [0, 0.1) is 0 Å². The van der Waals surface area contributed by atoms with E-state index in [2.05, 4.69) is 0 Å². The van der Waals surface area contributed by atoms with Gasteiger partial charge in [-0.3, -0.25) is 4.79 Å². The Labute approximate surface area is 48.9 Å². The lowest BCUT2D eigenvalue weighted by Crippen LogP contribution is -2.04. The van der Waals surface area contributed by atoms with Crippen LogP contribution in [-0.4, -0.2) is 19.1 Å². The van der Waals surface area contributed by atoms with Crippen molar-refractivity contribution in [1.29, 1.82) is 0 Å². The van der Waals surface area contributed by atoms with E-state index in [9.17, 15) is 13.2 Å². The van der Waals surface area contributed by atoms with Crippen LogP contribution in [0.25, 0.3) is 0 Å². The summed E-state index contributed by atoms with van der Waals surface area (Å²) in [6.45, 7) is 2.48. The molecule has 0 unspecified atom stereocenters. The highest BCUT2D eigenvalue weighted by molar-refractivity contribution is 7.74. The predicted molar refractivity (Wildman–Crippen MR) is 30.3 cm³/mol. The average Bonchev–Trinajstić information content (AvgIpc) is 1.64. The molecule has 0 aromatic rings. The Morgan fingerprint density at radius 1 is 1.25 bits per heavy atom. The molecule has 0 spiro atoms. The van der Waals surface area contributed by atoms with E-state index in [0.717, 1.165) is 0 Å². The molecular weight excluding hydrogens is 128 g/mol. The van der Waals surface area contributed by atoms with E-state index in [-0.39, 0.29) is 4.86 Å². The minimum Gasteiger partial charge on any atom is -0.294 e. The van der Waals surface area contributed by atoms with E-state index in [4.69, 9.17) is 0 Å². The lowest BCUT2D eigenvalue weighted by molar-refractivity contribution is -0.110. The van der Waals surface area contributed by atoms with Crippen molar-refractivity contribution in [3.63, 3.8) is 0 Å². The van der Waals surface area contributed by atoms with Crippen molar-refractivity contribution in [3.05, 3.63) is 0 Å². The van der Waals surface area contributed by atoms with Gasteiger partial charge in [-0.2, -0.15) is 8.42 Å². The van der Waals surface area contributed by atoms with Crippen LogP contribution in [0.1, 0.15) is 13.8 Å². The Morgan fingerprint density at radius 2 is 1.62 bits per heavy atom. The molecule has 0 aliphatic heterocycles. The summed E-state index contributed by atoms with van der Waals surface area (Å²) in [5.41, 5.74) is 0. The highest BCUT2D eigenvalue weighted by Gasteiger charge is 1.96. The summed E-state index contributed by atoms with van der Waals surface area (Å²) in [7, 11) is -2.32. The zero-order chi connectivity index (χ0) is 6.73. The Hall–Kier alpha value is -0.640. The van der Waals surface area contributed by atoms with Gasteiger partial charge in [0.1, 0.15) is 4.86 Å². The fraction of sp³-hybridized carbons (Fsp3) is 0.500. The minimum atomic E-state index is -2.32. The summed E-state index contributed by atoms with van der Waals surface area (Å²) in [4.78, 5) is 10.0. The molecule has 0 amide bonds. The standard InChI is InChI=1S/C4H6O3S/c1-3(5)4(2)8(6)7/h1-2H3. The largest absolute Gasteiger partial charge is 0.294 e. The highest BCUT2D eigenvalue weighted by atomic mass is 32.2. The normalized spacial score (nSPS) is 8.25. The molecule has 0 aliphatic carbocycles. The van der Waals surface area contributed by atoms with Crippen LogP contribution < -0.4 is 0 Å². The van der Waals surface area contributed by atoms with E-state index in [1.54, 1.807) is 0 Å². The van der Waals surface area contributed by atoms with Crippen LogP contribution in [0.15, 0.2) is 0 Å². The summed E-state index contributed by atoms with van der Waals surface area (Å²) in [5, 5.41) is 0. The number of ketones is 1. The van der Waals surface area contributed by atoms with Gasteiger partial charge < -0.3 is 0 Å². The van der Waals surface area contributed by atoms with Crippen molar-refractivity contribution in [2.75, 3.05) is 0 Å². The molecule has 0 aliphatic rings. The smallest absolute Gasteiger partial charge is 0.220 e. The molecule has 0 fully saturated rings. The van der Waals surface area contributed by atoms with Gasteiger partial charge in [0.15, 0.2) is 5.78 Å². The number of rotatable bonds is 1. The Balaban J connectivity index is 4.78. The van der Waals surface area contributed by atoms with Gasteiger partial charge in [0.25, 0.3) is 0 Å². The second kappa shape index (κ2) is 2.61. The van der Waals surface area contributed by atoms with Crippen molar-refractivity contribution < 1.29 is 13.2 Å². The fourth-order valence-electron chi connectivity index (χ4n) is 0.117. The SMILES string of the molecule is CC(=O)C(C)=S(=O)=O. The first kappa shape index (κ1) is 7.36. The Kier molecular flexibility index (Phi) is 2.41. The molecule has 0 N–H and O–H groups in total. The van der Waals surface area contributed by atoms with Crippen LogP contribution >= 0.6 is 0 Å². The number of hydrogen-bond acceptors (Lipinski definition) is 3. The molecule has 0 rings (SSSR count). The van der Waals surface area contributed by atoms with Crippen LogP contribution in [-0.2, 0) is 15.1 Å². The third-order valence-corrected chi connectivity index (χ3v) is 1.53. The molecule has 0 bridgehead atoms. The lowest BCUT2D eigenvalue weighted by Gasteiger charge is -1.78. The van der Waals surface area contributed by atoms with E-state index < -0.39 is 16.1 Å². The zero-order valence-corrected chi connectivity index (χ0v) is 5.45. The number of carbonyl (C=O) groups excluding carboxylic acids is 1. The van der Waals surface area contributed by atoms with Crippen molar-refractivity contribution in [2.24, 2.45) is 0 Å². The minimum absolute atomic E-state index is 0.120. The van der Waals surface area contributed by atoms with Crippen molar-refractivity contribution >= 4 is 20.9 Å². The third-order valence-electron chi connectivity index (χ3n) is 0.746. The molecule has 0 aromatic carbocycles. The van der Waals surface area contributed by atoms with E-state index >= 15 is 0 Å². The molecule has 0 saturated heterocycles. The lowest BCUT2D eigenvalue weighted by atomic mass is 10.4. The molecule has 4 heteroatoms. The van der Waals surface area contributed by atoms with E-state index in [1.807, 2.05) is 0 Å². The average molecular weight is 134 g/mol. The molecule has 0 saturated carbocycles. The summed E-state index contributed by atoms with van der Waals surface area (Å²) < 4.78 is 19.8. The molecule has 3 nitrogen and oxygen atoms in total. The topological polar surface area (TPSA) is 51.2 Å². The van der Waals surface area contributed by atoms with Gasteiger partial charge >= 0.3 is 0 Å². The van der Waals surface area contributed by atoms with Crippen LogP contribution in [0.2, 0.25) is 0 Å². The quantitative estimate of drug-likeness (QED) is 0.460.